The van der Waals surface area contributed by atoms with Crippen LogP contribution in [0.2, 0.25) is 0 Å². The number of amides is 1. The third kappa shape index (κ3) is 3.60. The highest BCUT2D eigenvalue weighted by atomic mass is 19.4. The highest BCUT2D eigenvalue weighted by Crippen LogP contribution is 2.52. The first-order valence-electron chi connectivity index (χ1n) is 8.46. The number of carbonyl (C=O) groups excluding carboxylic acids is 1. The minimum Gasteiger partial charge on any atom is -0.338 e. The molecule has 25 heavy (non-hydrogen) atoms. The second kappa shape index (κ2) is 5.61. The number of hydrogen-bond acceptors (Lipinski definition) is 2. The first kappa shape index (κ1) is 18.0. The van der Waals surface area contributed by atoms with Gasteiger partial charge in [-0.15, -0.1) is 0 Å². The van der Waals surface area contributed by atoms with Gasteiger partial charge in [0.25, 0.3) is 5.56 Å². The summed E-state index contributed by atoms with van der Waals surface area (Å²) in [5.41, 5.74) is -1.34. The molecule has 2 fully saturated rings. The maximum Gasteiger partial charge on any atom is 0.417 e. The van der Waals surface area contributed by atoms with Crippen LogP contribution in [0.3, 0.4) is 0 Å². The number of fused-ring (bicyclic) bond motifs is 2. The molecule has 2 atom stereocenters. The summed E-state index contributed by atoms with van der Waals surface area (Å²) in [5.74, 6) is -0.284. The Morgan fingerprint density at radius 1 is 1.24 bits per heavy atom. The van der Waals surface area contributed by atoms with Crippen LogP contribution in [-0.2, 0) is 17.5 Å². The Labute approximate surface area is 144 Å². The molecule has 1 saturated carbocycles. The van der Waals surface area contributed by atoms with E-state index < -0.39 is 17.3 Å². The van der Waals surface area contributed by atoms with Crippen LogP contribution >= 0.6 is 0 Å². The maximum absolute atomic E-state index is 12.8. The first-order chi connectivity index (χ1) is 11.4. The van der Waals surface area contributed by atoms with E-state index in [9.17, 15) is 22.8 Å². The Morgan fingerprint density at radius 2 is 1.92 bits per heavy atom. The quantitative estimate of drug-likeness (QED) is 0.816. The van der Waals surface area contributed by atoms with Gasteiger partial charge in [0, 0.05) is 24.8 Å². The third-order valence-electron chi connectivity index (χ3n) is 5.35. The van der Waals surface area contributed by atoms with E-state index in [0.717, 1.165) is 42.2 Å². The molecule has 2 heterocycles. The van der Waals surface area contributed by atoms with E-state index in [4.69, 9.17) is 0 Å². The average molecular weight is 356 g/mol. The number of hydrogen-bond donors (Lipinski definition) is 0. The fourth-order valence-corrected chi connectivity index (χ4v) is 4.81. The summed E-state index contributed by atoms with van der Waals surface area (Å²) in [6.07, 6.45) is -0.996. The fourth-order valence-electron chi connectivity index (χ4n) is 4.81. The lowest BCUT2D eigenvalue weighted by Crippen LogP contribution is -2.40. The molecule has 3 rings (SSSR count). The van der Waals surface area contributed by atoms with E-state index in [2.05, 4.69) is 20.8 Å². The van der Waals surface area contributed by atoms with Gasteiger partial charge in [0.2, 0.25) is 5.91 Å². The SMILES string of the molecule is CC1(C)C[C@@H]2C[C@](C)(CN2C(=O)Cn2cc(C(F)(F)F)ccc2=O)C1. The lowest BCUT2D eigenvalue weighted by molar-refractivity contribution is -0.139. The zero-order valence-corrected chi connectivity index (χ0v) is 14.7. The van der Waals surface area contributed by atoms with Gasteiger partial charge in [-0.2, -0.15) is 13.2 Å². The Morgan fingerprint density at radius 3 is 2.56 bits per heavy atom. The van der Waals surface area contributed by atoms with Crippen LogP contribution in [0.15, 0.2) is 23.1 Å². The van der Waals surface area contributed by atoms with Crippen LogP contribution in [0.1, 0.15) is 45.6 Å². The molecular formula is C18H23F3N2O2. The van der Waals surface area contributed by atoms with Gasteiger partial charge in [0.1, 0.15) is 6.54 Å². The van der Waals surface area contributed by atoms with Crippen molar-refractivity contribution >= 4 is 5.91 Å². The Balaban J connectivity index is 1.81. The van der Waals surface area contributed by atoms with Gasteiger partial charge in [-0.25, -0.2) is 0 Å². The second-order valence-electron chi connectivity index (χ2n) is 8.62. The van der Waals surface area contributed by atoms with Crippen LogP contribution in [0, 0.1) is 10.8 Å². The van der Waals surface area contributed by atoms with Gasteiger partial charge in [-0.3, -0.25) is 9.59 Å². The summed E-state index contributed by atoms with van der Waals surface area (Å²) < 4.78 is 39.4. The van der Waals surface area contributed by atoms with Crippen molar-refractivity contribution in [1.82, 2.24) is 9.47 Å². The van der Waals surface area contributed by atoms with Crippen molar-refractivity contribution in [2.45, 2.75) is 58.8 Å². The first-order valence-corrected chi connectivity index (χ1v) is 8.46. The van der Waals surface area contributed by atoms with Gasteiger partial charge >= 0.3 is 6.18 Å². The van der Waals surface area contributed by atoms with E-state index in [1.54, 1.807) is 4.90 Å². The molecule has 2 aliphatic rings. The van der Waals surface area contributed by atoms with Gasteiger partial charge in [0.05, 0.1) is 5.56 Å². The van der Waals surface area contributed by atoms with Crippen LogP contribution in [0.4, 0.5) is 13.2 Å². The number of pyridine rings is 1. The number of halogens is 3. The Hall–Kier alpha value is -1.79. The molecule has 0 radical (unpaired) electrons. The second-order valence-corrected chi connectivity index (χ2v) is 8.62. The minimum absolute atomic E-state index is 0.0425. The predicted molar refractivity (Wildman–Crippen MR) is 86.9 cm³/mol. The van der Waals surface area contributed by atoms with E-state index in [1.165, 1.54) is 0 Å². The van der Waals surface area contributed by atoms with Crippen LogP contribution in [-0.4, -0.2) is 28.0 Å². The van der Waals surface area contributed by atoms with Crippen molar-refractivity contribution in [3.8, 4) is 0 Å². The lowest BCUT2D eigenvalue weighted by atomic mass is 9.65. The van der Waals surface area contributed by atoms with Crippen LogP contribution in [0.25, 0.3) is 0 Å². The molecule has 0 aromatic carbocycles. The van der Waals surface area contributed by atoms with Crippen molar-refractivity contribution in [2.24, 2.45) is 10.8 Å². The van der Waals surface area contributed by atoms with Gasteiger partial charge in [-0.05, 0) is 36.2 Å². The number of nitrogens with zero attached hydrogens (tertiary/aromatic N) is 2. The molecule has 2 bridgehead atoms. The predicted octanol–water partition coefficient (Wildman–Crippen LogP) is 3.29. The molecule has 7 heteroatoms. The summed E-state index contributed by atoms with van der Waals surface area (Å²) in [7, 11) is 0. The topological polar surface area (TPSA) is 42.3 Å². The molecule has 1 amide bonds. The molecule has 0 spiro atoms. The molecule has 0 unspecified atom stereocenters. The van der Waals surface area contributed by atoms with Gasteiger partial charge < -0.3 is 9.47 Å². The zero-order valence-electron chi connectivity index (χ0n) is 14.7. The van der Waals surface area contributed by atoms with E-state index in [0.29, 0.717) is 6.54 Å². The molecule has 138 valence electrons. The average Bonchev–Trinajstić information content (AvgIpc) is 2.69. The summed E-state index contributed by atoms with van der Waals surface area (Å²) in [5, 5.41) is 0. The van der Waals surface area contributed by atoms with Crippen molar-refractivity contribution in [1.29, 1.82) is 0 Å². The standard InChI is InChI=1S/C18H23F3N2O2/c1-16(2)6-13-7-17(3,10-16)11-23(13)15(25)9-22-8-12(18(19,20)21)4-5-14(22)24/h4-5,8,13H,6-7,9-11H2,1-3H3/t13-,17+/m1/s1. The van der Waals surface area contributed by atoms with Crippen molar-refractivity contribution in [2.75, 3.05) is 6.54 Å². The van der Waals surface area contributed by atoms with E-state index in [1.807, 2.05) is 0 Å². The van der Waals surface area contributed by atoms with Crippen molar-refractivity contribution in [3.05, 3.63) is 34.2 Å². The Bertz CT molecular complexity index is 753. The number of alkyl halides is 3. The largest absolute Gasteiger partial charge is 0.417 e. The highest BCUT2D eigenvalue weighted by molar-refractivity contribution is 5.77. The molecule has 4 nitrogen and oxygen atoms in total. The summed E-state index contributed by atoms with van der Waals surface area (Å²) >= 11 is 0. The van der Waals surface area contributed by atoms with E-state index in [-0.39, 0.29) is 29.3 Å². The van der Waals surface area contributed by atoms with Crippen molar-refractivity contribution in [3.63, 3.8) is 0 Å². The molecule has 1 aliphatic heterocycles. The third-order valence-corrected chi connectivity index (χ3v) is 5.35. The smallest absolute Gasteiger partial charge is 0.338 e. The number of likely N-dealkylation sites (tertiary alicyclic amines) is 1. The minimum atomic E-state index is -4.54. The molecule has 1 aromatic heterocycles. The Kier molecular flexibility index (Phi) is 4.04. The lowest BCUT2D eigenvalue weighted by Gasteiger charge is -2.39. The number of aromatic nitrogens is 1. The number of rotatable bonds is 2. The monoisotopic (exact) mass is 356 g/mol. The van der Waals surface area contributed by atoms with Gasteiger partial charge in [0.15, 0.2) is 0 Å². The zero-order chi connectivity index (χ0) is 18.6. The van der Waals surface area contributed by atoms with Gasteiger partial charge in [-0.1, -0.05) is 20.8 Å². The molecule has 1 saturated heterocycles. The number of carbonyl (C=O) groups is 1. The molecule has 1 aromatic rings. The fraction of sp³-hybridized carbons (Fsp3) is 0.667. The summed E-state index contributed by atoms with van der Waals surface area (Å²) in [6, 6.07) is 1.71. The summed E-state index contributed by atoms with van der Waals surface area (Å²) in [4.78, 5) is 26.3. The van der Waals surface area contributed by atoms with Crippen molar-refractivity contribution < 1.29 is 18.0 Å². The summed E-state index contributed by atoms with van der Waals surface area (Å²) in [6.45, 7) is 6.78. The molecular weight excluding hydrogens is 333 g/mol. The maximum atomic E-state index is 12.8. The van der Waals surface area contributed by atoms with Crippen LogP contribution in [0.5, 0.6) is 0 Å². The van der Waals surface area contributed by atoms with Crippen LogP contribution < -0.4 is 5.56 Å². The normalized spacial score (nSPS) is 28.2. The highest BCUT2D eigenvalue weighted by Gasteiger charge is 2.50. The molecule has 0 N–H and O–H groups in total. The van der Waals surface area contributed by atoms with E-state index >= 15 is 0 Å². The molecule has 1 aliphatic carbocycles.